The van der Waals surface area contributed by atoms with E-state index in [1.807, 2.05) is 18.2 Å². The van der Waals surface area contributed by atoms with Gasteiger partial charge in [0.2, 0.25) is 5.91 Å². The fourth-order valence-electron chi connectivity index (χ4n) is 1.71. The molecule has 21 heavy (non-hydrogen) atoms. The molecule has 1 aromatic heterocycles. The Morgan fingerprint density at radius 2 is 2.00 bits per heavy atom. The molecule has 0 unspecified atom stereocenters. The summed E-state index contributed by atoms with van der Waals surface area (Å²) in [4.78, 5) is 22.6. The zero-order valence-corrected chi connectivity index (χ0v) is 11.9. The predicted molar refractivity (Wildman–Crippen MR) is 78.1 cm³/mol. The number of amides is 1. The molecule has 108 valence electrons. The molecule has 2 N–H and O–H groups in total. The van der Waals surface area contributed by atoms with Crippen LogP contribution < -0.4 is 5.73 Å². The second-order valence-corrected chi connectivity index (χ2v) is 4.39. The highest BCUT2D eigenvalue weighted by Crippen LogP contribution is 2.25. The first-order valence-corrected chi connectivity index (χ1v) is 6.32. The summed E-state index contributed by atoms with van der Waals surface area (Å²) >= 11 is 6.24. The Kier molecular flexibility index (Phi) is 4.39. The Morgan fingerprint density at radius 1 is 1.33 bits per heavy atom. The average Bonchev–Trinajstić information content (AvgIpc) is 2.82. The Bertz CT molecular complexity index is 708. The number of primary amides is 1. The number of aromatic nitrogens is 2. The van der Waals surface area contributed by atoms with E-state index in [0.29, 0.717) is 5.69 Å². The minimum atomic E-state index is -0.658. The summed E-state index contributed by atoms with van der Waals surface area (Å²) < 4.78 is 6.05. The number of halogens is 1. The van der Waals surface area contributed by atoms with Crippen LogP contribution in [0.3, 0.4) is 0 Å². The van der Waals surface area contributed by atoms with E-state index in [2.05, 4.69) is 9.84 Å². The molecular formula is C14H12ClN3O3. The van der Waals surface area contributed by atoms with Crippen LogP contribution in [-0.2, 0) is 9.53 Å². The van der Waals surface area contributed by atoms with Gasteiger partial charge >= 0.3 is 5.97 Å². The maximum atomic E-state index is 11.8. The molecule has 0 fully saturated rings. The van der Waals surface area contributed by atoms with Gasteiger partial charge in [0.25, 0.3) is 0 Å². The first-order chi connectivity index (χ1) is 10.0. The Morgan fingerprint density at radius 3 is 2.57 bits per heavy atom. The Balaban J connectivity index is 2.60. The third-order valence-corrected chi connectivity index (χ3v) is 3.02. The number of carbonyl (C=O) groups is 2. The summed E-state index contributed by atoms with van der Waals surface area (Å²) in [6.07, 6.45) is 2.44. The van der Waals surface area contributed by atoms with E-state index < -0.39 is 11.9 Å². The molecule has 6 nitrogen and oxygen atoms in total. The van der Waals surface area contributed by atoms with E-state index in [-0.39, 0.29) is 16.4 Å². The summed E-state index contributed by atoms with van der Waals surface area (Å²) in [5.74, 6) is -1.31. The molecule has 0 aliphatic rings. The number of esters is 1. The first kappa shape index (κ1) is 14.8. The molecule has 1 aromatic carbocycles. The number of carbonyl (C=O) groups excluding carboxylic acids is 2. The van der Waals surface area contributed by atoms with E-state index in [0.717, 1.165) is 6.08 Å². The number of hydrogen-bond donors (Lipinski definition) is 1. The van der Waals surface area contributed by atoms with Crippen molar-refractivity contribution in [2.75, 3.05) is 7.11 Å². The van der Waals surface area contributed by atoms with E-state index in [1.165, 1.54) is 17.9 Å². The van der Waals surface area contributed by atoms with Crippen molar-refractivity contribution in [2.45, 2.75) is 0 Å². The number of ether oxygens (including phenoxy) is 1. The van der Waals surface area contributed by atoms with Crippen molar-refractivity contribution in [3.63, 3.8) is 0 Å². The molecule has 0 radical (unpaired) electrons. The number of methoxy groups -OCH3 is 1. The quantitative estimate of drug-likeness (QED) is 0.689. The molecule has 0 saturated carbocycles. The number of nitrogens with zero attached hydrogens (tertiary/aromatic N) is 2. The topological polar surface area (TPSA) is 87.2 Å². The van der Waals surface area contributed by atoms with Gasteiger partial charge in [0.1, 0.15) is 5.15 Å². The summed E-state index contributed by atoms with van der Waals surface area (Å²) in [7, 11) is 1.24. The van der Waals surface area contributed by atoms with E-state index in [4.69, 9.17) is 17.3 Å². The highest BCUT2D eigenvalue weighted by Gasteiger charge is 2.21. The van der Waals surface area contributed by atoms with Crippen molar-refractivity contribution in [3.05, 3.63) is 52.8 Å². The molecule has 0 atom stereocenters. The molecule has 1 amide bonds. The van der Waals surface area contributed by atoms with Crippen molar-refractivity contribution in [2.24, 2.45) is 5.73 Å². The van der Waals surface area contributed by atoms with Crippen molar-refractivity contribution < 1.29 is 14.3 Å². The van der Waals surface area contributed by atoms with E-state index in [1.54, 1.807) is 12.1 Å². The third kappa shape index (κ3) is 3.11. The summed E-state index contributed by atoms with van der Waals surface area (Å²) in [6.45, 7) is 0. The fraction of sp³-hybridized carbons (Fsp3) is 0.0714. The second kappa shape index (κ2) is 6.23. The maximum absolute atomic E-state index is 11.8. The highest BCUT2D eigenvalue weighted by atomic mass is 35.5. The van der Waals surface area contributed by atoms with Crippen molar-refractivity contribution in [3.8, 4) is 5.69 Å². The van der Waals surface area contributed by atoms with Crippen molar-refractivity contribution in [1.29, 1.82) is 0 Å². The number of hydrogen-bond acceptors (Lipinski definition) is 4. The van der Waals surface area contributed by atoms with Crippen LogP contribution in [0.15, 0.2) is 36.4 Å². The number of nitrogens with two attached hydrogens (primary N) is 1. The van der Waals surface area contributed by atoms with E-state index >= 15 is 0 Å². The van der Waals surface area contributed by atoms with Gasteiger partial charge in [0.15, 0.2) is 5.69 Å². The minimum Gasteiger partial charge on any atom is -0.464 e. The minimum absolute atomic E-state index is 0.00357. The molecule has 0 spiro atoms. The molecule has 1 heterocycles. The maximum Gasteiger partial charge on any atom is 0.359 e. The molecule has 0 saturated heterocycles. The zero-order chi connectivity index (χ0) is 15.4. The molecule has 7 heteroatoms. The third-order valence-electron chi connectivity index (χ3n) is 2.66. The van der Waals surface area contributed by atoms with Gasteiger partial charge in [-0.2, -0.15) is 5.10 Å². The highest BCUT2D eigenvalue weighted by molar-refractivity contribution is 6.32. The molecule has 0 aliphatic heterocycles. The number of para-hydroxylation sites is 1. The van der Waals surface area contributed by atoms with Gasteiger partial charge in [-0.3, -0.25) is 4.79 Å². The van der Waals surface area contributed by atoms with Crippen LogP contribution in [0.5, 0.6) is 0 Å². The Labute approximate surface area is 125 Å². The van der Waals surface area contributed by atoms with E-state index in [9.17, 15) is 9.59 Å². The standard InChI is InChI=1S/C14H12ClN3O3/c1-21-14(20)12-10(7-8-11(16)19)13(15)18(17-12)9-5-3-2-4-6-9/h2-8H,1H3,(H2,16,19)/b8-7+. The lowest BCUT2D eigenvalue weighted by Crippen LogP contribution is -2.06. The van der Waals surface area contributed by atoms with Crippen LogP contribution in [0.4, 0.5) is 0 Å². The van der Waals surface area contributed by atoms with Gasteiger partial charge in [-0.05, 0) is 18.2 Å². The van der Waals surface area contributed by atoms with Gasteiger partial charge in [-0.1, -0.05) is 29.8 Å². The van der Waals surface area contributed by atoms with Gasteiger partial charge < -0.3 is 10.5 Å². The van der Waals surface area contributed by atoms with Crippen LogP contribution >= 0.6 is 11.6 Å². The summed E-state index contributed by atoms with van der Waals surface area (Å²) in [5, 5.41) is 4.32. The van der Waals surface area contributed by atoms with Crippen LogP contribution in [0.1, 0.15) is 16.1 Å². The monoisotopic (exact) mass is 305 g/mol. The van der Waals surface area contributed by atoms with Gasteiger partial charge in [-0.15, -0.1) is 0 Å². The SMILES string of the molecule is COC(=O)c1nn(-c2ccccc2)c(Cl)c1/C=C/C(N)=O. The van der Waals surface area contributed by atoms with Crippen molar-refractivity contribution in [1.82, 2.24) is 9.78 Å². The summed E-state index contributed by atoms with van der Waals surface area (Å²) in [5.41, 5.74) is 6.00. The first-order valence-electron chi connectivity index (χ1n) is 5.94. The van der Waals surface area contributed by atoms with Gasteiger partial charge in [-0.25, -0.2) is 9.48 Å². The van der Waals surface area contributed by atoms with Crippen molar-refractivity contribution >= 4 is 29.6 Å². The summed E-state index contributed by atoms with van der Waals surface area (Å²) in [6, 6.07) is 9.02. The molecule has 2 aromatic rings. The molecule has 0 aliphatic carbocycles. The van der Waals surface area contributed by atoms with Gasteiger partial charge in [0.05, 0.1) is 12.8 Å². The predicted octanol–water partition coefficient (Wildman–Crippen LogP) is 1.81. The van der Waals surface area contributed by atoms with Crippen LogP contribution in [0.2, 0.25) is 5.15 Å². The molecular weight excluding hydrogens is 294 g/mol. The normalized spacial score (nSPS) is 10.8. The van der Waals surface area contributed by atoms with Crippen LogP contribution in [0.25, 0.3) is 11.8 Å². The molecule has 2 rings (SSSR count). The second-order valence-electron chi connectivity index (χ2n) is 4.03. The Hall–Kier alpha value is -2.60. The lowest BCUT2D eigenvalue weighted by Gasteiger charge is -2.01. The lowest BCUT2D eigenvalue weighted by molar-refractivity contribution is -0.113. The average molecular weight is 306 g/mol. The van der Waals surface area contributed by atoms with Crippen LogP contribution in [0, 0.1) is 0 Å². The largest absolute Gasteiger partial charge is 0.464 e. The fourth-order valence-corrected chi connectivity index (χ4v) is 2.00. The smallest absolute Gasteiger partial charge is 0.359 e. The zero-order valence-electron chi connectivity index (χ0n) is 11.1. The number of rotatable bonds is 4. The van der Waals surface area contributed by atoms with Crippen LogP contribution in [-0.4, -0.2) is 28.8 Å². The van der Waals surface area contributed by atoms with Gasteiger partial charge in [0, 0.05) is 11.6 Å². The lowest BCUT2D eigenvalue weighted by atomic mass is 10.2. The molecule has 0 bridgehead atoms. The number of benzene rings is 1.